The Hall–Kier alpha value is -3.15. The standard InChI is InChI=1S/C26H20ClNO/c1-25(2)23(20-13-15-22(27)16-14-20)28-26(24(25)29,21-11-7-4-8-12-21)18-17-19-9-5-3-6-10-19/h3-16H,1-2H3. The Bertz CT molecular complexity index is 1140. The van der Waals surface area contributed by atoms with E-state index in [-0.39, 0.29) is 5.78 Å². The Labute approximate surface area is 176 Å². The van der Waals surface area contributed by atoms with Gasteiger partial charge in [-0.1, -0.05) is 84.1 Å². The summed E-state index contributed by atoms with van der Waals surface area (Å²) >= 11 is 6.06. The van der Waals surface area contributed by atoms with E-state index >= 15 is 0 Å². The second kappa shape index (κ2) is 7.35. The maximum absolute atomic E-state index is 13.8. The molecule has 0 amide bonds. The SMILES string of the molecule is CC1(C)C(=O)C(C#Cc2ccccc2)(c2ccccc2)N=C1c1ccc(Cl)cc1. The summed E-state index contributed by atoms with van der Waals surface area (Å²) < 4.78 is 0. The topological polar surface area (TPSA) is 29.4 Å². The van der Waals surface area contributed by atoms with Gasteiger partial charge in [-0.15, -0.1) is 0 Å². The minimum atomic E-state index is -1.24. The number of rotatable bonds is 2. The number of aliphatic imine (C=N–C) groups is 1. The largest absolute Gasteiger partial charge is 0.294 e. The van der Waals surface area contributed by atoms with Crippen LogP contribution in [-0.2, 0) is 10.3 Å². The Morgan fingerprint density at radius 3 is 2.03 bits per heavy atom. The molecule has 142 valence electrons. The van der Waals surface area contributed by atoms with E-state index in [2.05, 4.69) is 11.8 Å². The Morgan fingerprint density at radius 1 is 0.828 bits per heavy atom. The first-order valence-electron chi connectivity index (χ1n) is 9.48. The fraction of sp³-hybridized carbons (Fsp3) is 0.154. The molecule has 1 aliphatic rings. The summed E-state index contributed by atoms with van der Waals surface area (Å²) in [6.45, 7) is 3.83. The van der Waals surface area contributed by atoms with Crippen molar-refractivity contribution in [1.82, 2.24) is 0 Å². The van der Waals surface area contributed by atoms with Crippen molar-refractivity contribution < 1.29 is 4.79 Å². The molecule has 0 spiro atoms. The lowest BCUT2D eigenvalue weighted by Gasteiger charge is -2.24. The van der Waals surface area contributed by atoms with Crippen LogP contribution in [0.3, 0.4) is 0 Å². The van der Waals surface area contributed by atoms with Gasteiger partial charge in [-0.05, 0) is 49.2 Å². The van der Waals surface area contributed by atoms with Gasteiger partial charge in [-0.3, -0.25) is 9.79 Å². The van der Waals surface area contributed by atoms with Crippen molar-refractivity contribution >= 4 is 23.1 Å². The molecule has 1 heterocycles. The van der Waals surface area contributed by atoms with E-state index < -0.39 is 11.0 Å². The van der Waals surface area contributed by atoms with Crippen LogP contribution in [0.1, 0.15) is 30.5 Å². The third-order valence-corrected chi connectivity index (χ3v) is 5.49. The highest BCUT2D eigenvalue weighted by atomic mass is 35.5. The van der Waals surface area contributed by atoms with Crippen molar-refractivity contribution in [2.45, 2.75) is 19.4 Å². The number of carbonyl (C=O) groups excluding carboxylic acids is 1. The van der Waals surface area contributed by atoms with Crippen molar-refractivity contribution in [3.63, 3.8) is 0 Å². The minimum absolute atomic E-state index is 0.0235. The first kappa shape index (κ1) is 19.2. The zero-order valence-corrected chi connectivity index (χ0v) is 17.1. The van der Waals surface area contributed by atoms with Gasteiger partial charge in [0.2, 0.25) is 5.54 Å². The molecular weight excluding hydrogens is 378 g/mol. The van der Waals surface area contributed by atoms with E-state index in [1.165, 1.54) is 0 Å². The summed E-state index contributed by atoms with van der Waals surface area (Å²) in [5.41, 5.74) is 1.22. The zero-order chi connectivity index (χ0) is 20.5. The van der Waals surface area contributed by atoms with E-state index in [0.717, 1.165) is 22.4 Å². The van der Waals surface area contributed by atoms with E-state index in [0.29, 0.717) is 5.02 Å². The summed E-state index contributed by atoms with van der Waals surface area (Å²) in [5.74, 6) is 6.38. The lowest BCUT2D eigenvalue weighted by atomic mass is 9.74. The molecule has 1 aliphatic heterocycles. The number of carbonyl (C=O) groups is 1. The highest BCUT2D eigenvalue weighted by Crippen LogP contribution is 2.44. The Balaban J connectivity index is 1.94. The third kappa shape index (κ3) is 3.39. The van der Waals surface area contributed by atoms with Gasteiger partial charge in [0.1, 0.15) is 0 Å². The molecule has 1 atom stereocenters. The lowest BCUT2D eigenvalue weighted by molar-refractivity contribution is -0.126. The number of benzene rings is 3. The van der Waals surface area contributed by atoms with Crippen LogP contribution in [0.25, 0.3) is 0 Å². The van der Waals surface area contributed by atoms with Gasteiger partial charge in [0.05, 0.1) is 11.1 Å². The number of Topliss-reactive ketones (excluding diaryl/α,β-unsaturated/α-hetero) is 1. The van der Waals surface area contributed by atoms with Gasteiger partial charge < -0.3 is 0 Å². The van der Waals surface area contributed by atoms with Gasteiger partial charge in [-0.25, -0.2) is 0 Å². The number of halogens is 1. The van der Waals surface area contributed by atoms with Crippen LogP contribution in [0.4, 0.5) is 0 Å². The van der Waals surface area contributed by atoms with Crippen LogP contribution in [0, 0.1) is 17.3 Å². The van der Waals surface area contributed by atoms with E-state index in [4.69, 9.17) is 16.6 Å². The van der Waals surface area contributed by atoms with Crippen molar-refractivity contribution in [2.24, 2.45) is 10.4 Å². The molecule has 0 fully saturated rings. The molecule has 0 aromatic heterocycles. The quantitative estimate of drug-likeness (QED) is 0.511. The molecule has 0 bridgehead atoms. The molecule has 0 radical (unpaired) electrons. The summed E-state index contributed by atoms with van der Waals surface area (Å²) in [4.78, 5) is 18.8. The maximum atomic E-state index is 13.8. The minimum Gasteiger partial charge on any atom is -0.294 e. The average molecular weight is 398 g/mol. The van der Waals surface area contributed by atoms with E-state index in [1.54, 1.807) is 0 Å². The molecule has 0 saturated carbocycles. The number of ketones is 1. The molecule has 3 aromatic rings. The number of hydrogen-bond acceptors (Lipinski definition) is 2. The molecule has 2 nitrogen and oxygen atoms in total. The molecule has 0 aliphatic carbocycles. The number of nitrogens with zero attached hydrogens (tertiary/aromatic N) is 1. The smallest absolute Gasteiger partial charge is 0.205 e. The normalized spacial score (nSPS) is 20.0. The monoisotopic (exact) mass is 397 g/mol. The van der Waals surface area contributed by atoms with Crippen LogP contribution in [0.2, 0.25) is 5.02 Å². The van der Waals surface area contributed by atoms with Crippen LogP contribution in [-0.4, -0.2) is 11.5 Å². The maximum Gasteiger partial charge on any atom is 0.205 e. The number of hydrogen-bond donors (Lipinski definition) is 0. The van der Waals surface area contributed by atoms with Gasteiger partial charge in [-0.2, -0.15) is 0 Å². The van der Waals surface area contributed by atoms with Gasteiger partial charge >= 0.3 is 0 Å². The first-order chi connectivity index (χ1) is 13.9. The molecule has 4 rings (SSSR count). The predicted octanol–water partition coefficient (Wildman–Crippen LogP) is 5.69. The molecule has 0 saturated heterocycles. The fourth-order valence-electron chi connectivity index (χ4n) is 3.67. The zero-order valence-electron chi connectivity index (χ0n) is 16.3. The van der Waals surface area contributed by atoms with Crippen LogP contribution < -0.4 is 0 Å². The Kier molecular flexibility index (Phi) is 4.86. The van der Waals surface area contributed by atoms with Crippen molar-refractivity contribution in [2.75, 3.05) is 0 Å². The van der Waals surface area contributed by atoms with Crippen molar-refractivity contribution in [3.8, 4) is 11.8 Å². The Morgan fingerprint density at radius 2 is 1.41 bits per heavy atom. The fourth-order valence-corrected chi connectivity index (χ4v) is 3.79. The predicted molar refractivity (Wildman–Crippen MR) is 118 cm³/mol. The van der Waals surface area contributed by atoms with Gasteiger partial charge in [0.25, 0.3) is 0 Å². The van der Waals surface area contributed by atoms with Gasteiger partial charge in [0.15, 0.2) is 5.78 Å². The molecule has 3 heteroatoms. The summed E-state index contributed by atoms with van der Waals surface area (Å²) in [7, 11) is 0. The molecule has 0 N–H and O–H groups in total. The second-order valence-corrected chi connectivity index (χ2v) is 8.05. The van der Waals surface area contributed by atoms with Crippen LogP contribution >= 0.6 is 11.6 Å². The average Bonchev–Trinajstić information content (AvgIpc) is 2.96. The van der Waals surface area contributed by atoms with Crippen molar-refractivity contribution in [3.05, 3.63) is 107 Å². The van der Waals surface area contributed by atoms with Crippen LogP contribution in [0.15, 0.2) is 89.9 Å². The van der Waals surface area contributed by atoms with Crippen molar-refractivity contribution in [1.29, 1.82) is 0 Å². The van der Waals surface area contributed by atoms with E-state index in [1.807, 2.05) is 98.8 Å². The third-order valence-electron chi connectivity index (χ3n) is 5.24. The summed E-state index contributed by atoms with van der Waals surface area (Å²) in [5, 5.41) is 0.648. The first-order valence-corrected chi connectivity index (χ1v) is 9.86. The molecule has 3 aromatic carbocycles. The lowest BCUT2D eigenvalue weighted by Crippen LogP contribution is -2.38. The summed E-state index contributed by atoms with van der Waals surface area (Å²) in [6.07, 6.45) is 0. The second-order valence-electron chi connectivity index (χ2n) is 7.61. The molecule has 29 heavy (non-hydrogen) atoms. The highest BCUT2D eigenvalue weighted by Gasteiger charge is 2.54. The van der Waals surface area contributed by atoms with Crippen LogP contribution in [0.5, 0.6) is 0 Å². The summed E-state index contributed by atoms with van der Waals surface area (Å²) in [6, 6.07) is 26.7. The molecule has 1 unspecified atom stereocenters. The van der Waals surface area contributed by atoms with Gasteiger partial charge in [0, 0.05) is 10.6 Å². The van der Waals surface area contributed by atoms with E-state index in [9.17, 15) is 4.79 Å². The highest BCUT2D eigenvalue weighted by molar-refractivity contribution is 6.31. The molecular formula is C26H20ClNO.